The molecule has 0 aromatic heterocycles. The topological polar surface area (TPSA) is 9.23 Å². The summed E-state index contributed by atoms with van der Waals surface area (Å²) in [5.74, 6) is 0. The van der Waals surface area contributed by atoms with Crippen LogP contribution in [0.1, 0.15) is 58.3 Å². The van der Waals surface area contributed by atoms with E-state index >= 15 is 0 Å². The zero-order chi connectivity index (χ0) is 11.9. The van der Waals surface area contributed by atoms with Crippen molar-refractivity contribution in [3.63, 3.8) is 0 Å². The molecule has 0 aromatic rings. The first-order valence-electron chi connectivity index (χ1n) is 6.67. The third-order valence-corrected chi connectivity index (χ3v) is 5.17. The molecule has 1 nitrogen and oxygen atoms in total. The Hall–Kier alpha value is 0.490. The van der Waals surface area contributed by atoms with Gasteiger partial charge in [0.05, 0.1) is 0 Å². The quantitative estimate of drug-likeness (QED) is 0.378. The Labute approximate surface area is 112 Å². The second-order valence-electron chi connectivity index (χ2n) is 4.17. The first-order valence-corrected chi connectivity index (χ1v) is 9.66. The molecule has 0 fully saturated rings. The van der Waals surface area contributed by atoms with Gasteiger partial charge < -0.3 is 0 Å². The first-order chi connectivity index (χ1) is 7.91. The summed E-state index contributed by atoms with van der Waals surface area (Å²) < 4.78 is 8.81. The summed E-state index contributed by atoms with van der Waals surface area (Å²) in [5.41, 5.74) is 0. The molecule has 0 atom stereocenters. The number of rotatable bonds is 12. The molecule has 0 aromatic carbocycles. The number of unbranched alkanes of at least 4 members (excludes halogenated alkanes) is 7. The molecule has 0 aliphatic heterocycles. The van der Waals surface area contributed by atoms with Gasteiger partial charge in [-0.3, -0.25) is 0 Å². The van der Waals surface area contributed by atoms with E-state index in [0.717, 1.165) is 6.61 Å². The van der Waals surface area contributed by atoms with Crippen LogP contribution in [0.3, 0.4) is 0 Å². The molecule has 0 spiro atoms. The van der Waals surface area contributed by atoms with E-state index in [4.69, 9.17) is 4.74 Å². The zero-order valence-electron chi connectivity index (χ0n) is 11.0. The number of hydrogen-bond donors (Lipinski definition) is 0. The van der Waals surface area contributed by atoms with E-state index in [9.17, 15) is 0 Å². The minimum absolute atomic E-state index is 0.156. The fourth-order valence-electron chi connectivity index (χ4n) is 1.59. The predicted octanol–water partition coefficient (Wildman–Crippen LogP) is 4.41. The van der Waals surface area contributed by atoms with Crippen LogP contribution in [0.15, 0.2) is 10.2 Å². The summed E-state index contributed by atoms with van der Waals surface area (Å²) in [6.07, 6.45) is 13.7. The third-order valence-electron chi connectivity index (χ3n) is 2.57. The van der Waals surface area contributed by atoms with E-state index in [1.807, 2.05) is 0 Å². The van der Waals surface area contributed by atoms with Crippen molar-refractivity contribution in [3.05, 3.63) is 10.2 Å². The van der Waals surface area contributed by atoms with Gasteiger partial charge in [0.1, 0.15) is 0 Å². The van der Waals surface area contributed by atoms with E-state index in [2.05, 4.69) is 17.1 Å². The van der Waals surface area contributed by atoms with Crippen LogP contribution in [0.2, 0.25) is 4.47 Å². The Kier molecular flexibility index (Phi) is 16.0. The molecule has 2 heteroatoms. The molecule has 0 aliphatic rings. The maximum absolute atomic E-state index is 4.97. The van der Waals surface area contributed by atoms with Crippen molar-refractivity contribution in [2.45, 2.75) is 62.8 Å². The average molecular weight is 340 g/mol. The van der Waals surface area contributed by atoms with Gasteiger partial charge in [0, 0.05) is 0 Å². The van der Waals surface area contributed by atoms with Gasteiger partial charge in [-0.1, -0.05) is 0 Å². The van der Waals surface area contributed by atoms with Crippen LogP contribution in [0.25, 0.3) is 0 Å². The van der Waals surface area contributed by atoms with Crippen molar-refractivity contribution < 1.29 is 4.74 Å². The Morgan fingerprint density at radius 1 is 0.938 bits per heavy atom. The van der Waals surface area contributed by atoms with Crippen molar-refractivity contribution in [1.29, 1.82) is 0 Å². The second-order valence-corrected chi connectivity index (χ2v) is 7.07. The predicted molar refractivity (Wildman–Crippen MR) is 74.2 cm³/mol. The van der Waals surface area contributed by atoms with Crippen molar-refractivity contribution in [1.82, 2.24) is 0 Å². The van der Waals surface area contributed by atoms with Crippen LogP contribution in [-0.2, 0) is 4.74 Å². The summed E-state index contributed by atoms with van der Waals surface area (Å²) in [6, 6.07) is 0. The monoisotopic (exact) mass is 342 g/mol. The van der Waals surface area contributed by atoms with Crippen molar-refractivity contribution in [2.75, 3.05) is 13.7 Å². The molecule has 0 radical (unpaired) electrons. The Morgan fingerprint density at radius 3 is 2.19 bits per heavy atom. The summed E-state index contributed by atoms with van der Waals surface area (Å²) in [7, 11) is 1.75. The fraction of sp³-hybridized carbons (Fsp3) is 0.857. The van der Waals surface area contributed by atoms with E-state index in [1.54, 1.807) is 7.11 Å². The van der Waals surface area contributed by atoms with E-state index in [0.29, 0.717) is 0 Å². The molecular formula is C14H28OTe. The standard InChI is InChI=1S/C14H28OTe/c1-3-4-5-6-7-8-9-10-13-16-14-11-12-15-2/h11,14H,3-10,12-13H2,1-2H3/b14-11-. The van der Waals surface area contributed by atoms with Crippen LogP contribution in [0, 0.1) is 0 Å². The summed E-state index contributed by atoms with van der Waals surface area (Å²) in [5, 5.41) is 0. The van der Waals surface area contributed by atoms with Crippen LogP contribution in [0.5, 0.6) is 0 Å². The number of ether oxygens (including phenoxy) is 1. The molecule has 0 amide bonds. The fourth-order valence-corrected chi connectivity index (χ4v) is 3.65. The molecule has 16 heavy (non-hydrogen) atoms. The molecule has 0 saturated carbocycles. The molecule has 0 bridgehead atoms. The van der Waals surface area contributed by atoms with Crippen LogP contribution >= 0.6 is 0 Å². The molecule has 96 valence electrons. The summed E-state index contributed by atoms with van der Waals surface area (Å²) >= 11 is 0.156. The molecule has 0 saturated heterocycles. The van der Waals surface area contributed by atoms with Gasteiger partial charge in [-0.25, -0.2) is 0 Å². The van der Waals surface area contributed by atoms with Gasteiger partial charge in [-0.15, -0.1) is 0 Å². The number of hydrogen-bond acceptors (Lipinski definition) is 1. The van der Waals surface area contributed by atoms with Crippen molar-refractivity contribution in [2.24, 2.45) is 0 Å². The third kappa shape index (κ3) is 14.5. The van der Waals surface area contributed by atoms with Gasteiger partial charge in [0.2, 0.25) is 0 Å². The molecule has 0 rings (SSSR count). The van der Waals surface area contributed by atoms with E-state index < -0.39 is 0 Å². The maximum atomic E-state index is 4.97. The SMILES string of the molecule is CCCCCCCCCC[Te]/C=C\COC. The Balaban J connectivity index is 2.93. The van der Waals surface area contributed by atoms with Crippen LogP contribution in [0.4, 0.5) is 0 Å². The molecule has 0 aliphatic carbocycles. The van der Waals surface area contributed by atoms with Crippen LogP contribution in [-0.4, -0.2) is 34.6 Å². The average Bonchev–Trinajstić information content (AvgIpc) is 2.31. The van der Waals surface area contributed by atoms with E-state index in [1.165, 1.54) is 55.8 Å². The van der Waals surface area contributed by atoms with Gasteiger partial charge in [0.15, 0.2) is 0 Å². The van der Waals surface area contributed by atoms with Crippen molar-refractivity contribution >= 4 is 20.9 Å². The van der Waals surface area contributed by atoms with Crippen molar-refractivity contribution in [3.8, 4) is 0 Å². The Morgan fingerprint density at radius 2 is 1.56 bits per heavy atom. The molecule has 0 unspecified atom stereocenters. The summed E-state index contributed by atoms with van der Waals surface area (Å²) in [6.45, 7) is 3.07. The van der Waals surface area contributed by atoms with Gasteiger partial charge >= 0.3 is 112 Å². The molecule has 0 heterocycles. The van der Waals surface area contributed by atoms with Gasteiger partial charge in [-0.2, -0.15) is 0 Å². The molecular weight excluding hydrogens is 312 g/mol. The van der Waals surface area contributed by atoms with E-state index in [-0.39, 0.29) is 20.9 Å². The molecule has 0 N–H and O–H groups in total. The normalized spacial score (nSPS) is 11.4. The first kappa shape index (κ1) is 16.5. The number of methoxy groups -OCH3 is 1. The Bertz CT molecular complexity index is 146. The minimum atomic E-state index is 0.156. The summed E-state index contributed by atoms with van der Waals surface area (Å²) in [4.78, 5) is 0. The van der Waals surface area contributed by atoms with Gasteiger partial charge in [-0.05, 0) is 0 Å². The van der Waals surface area contributed by atoms with Gasteiger partial charge in [0.25, 0.3) is 0 Å². The van der Waals surface area contributed by atoms with Crippen LogP contribution < -0.4 is 0 Å². The zero-order valence-corrected chi connectivity index (χ0v) is 13.4. The second kappa shape index (κ2) is 15.5.